The molecule has 0 saturated heterocycles. The topological polar surface area (TPSA) is 80.9 Å². The van der Waals surface area contributed by atoms with Crippen LogP contribution in [0.5, 0.6) is 0 Å². The van der Waals surface area contributed by atoms with Crippen molar-refractivity contribution >= 4 is 11.7 Å². The first kappa shape index (κ1) is 14.4. The SMILES string of the molecule is CCc1cc(NC(C(N)=O)C(C)CC)nc(C)n1. The maximum atomic E-state index is 11.5. The number of aryl methyl sites for hydroxylation is 2. The average Bonchev–Trinajstić information content (AvgIpc) is 2.34. The van der Waals surface area contributed by atoms with Crippen LogP contribution in [-0.4, -0.2) is 21.9 Å². The Morgan fingerprint density at radius 1 is 1.44 bits per heavy atom. The minimum absolute atomic E-state index is 0.169. The van der Waals surface area contributed by atoms with E-state index in [-0.39, 0.29) is 11.8 Å². The van der Waals surface area contributed by atoms with Crippen LogP contribution in [0.1, 0.15) is 38.7 Å². The molecule has 3 N–H and O–H groups in total. The third kappa shape index (κ3) is 3.68. The monoisotopic (exact) mass is 250 g/mol. The maximum Gasteiger partial charge on any atom is 0.240 e. The van der Waals surface area contributed by atoms with Gasteiger partial charge in [0.15, 0.2) is 0 Å². The highest BCUT2D eigenvalue weighted by atomic mass is 16.1. The van der Waals surface area contributed by atoms with E-state index in [1.165, 1.54) is 0 Å². The summed E-state index contributed by atoms with van der Waals surface area (Å²) < 4.78 is 0. The smallest absolute Gasteiger partial charge is 0.240 e. The van der Waals surface area contributed by atoms with Crippen molar-refractivity contribution in [2.75, 3.05) is 5.32 Å². The van der Waals surface area contributed by atoms with Crippen molar-refractivity contribution < 1.29 is 4.79 Å². The molecule has 5 nitrogen and oxygen atoms in total. The molecule has 5 heteroatoms. The minimum atomic E-state index is -0.394. The van der Waals surface area contributed by atoms with E-state index in [4.69, 9.17) is 5.73 Å². The molecule has 2 unspecified atom stereocenters. The van der Waals surface area contributed by atoms with E-state index in [1.54, 1.807) is 0 Å². The lowest BCUT2D eigenvalue weighted by Crippen LogP contribution is -2.40. The van der Waals surface area contributed by atoms with Crippen LogP contribution in [0.15, 0.2) is 6.07 Å². The Labute approximate surface area is 108 Å². The van der Waals surface area contributed by atoms with E-state index in [1.807, 2.05) is 33.8 Å². The lowest BCUT2D eigenvalue weighted by atomic mass is 9.98. The number of primary amides is 1. The van der Waals surface area contributed by atoms with Gasteiger partial charge in [0, 0.05) is 11.8 Å². The average molecular weight is 250 g/mol. The van der Waals surface area contributed by atoms with Gasteiger partial charge in [-0.3, -0.25) is 4.79 Å². The first-order valence-corrected chi connectivity index (χ1v) is 6.38. The molecule has 100 valence electrons. The highest BCUT2D eigenvalue weighted by Gasteiger charge is 2.21. The molecule has 0 aliphatic rings. The van der Waals surface area contributed by atoms with Gasteiger partial charge in [-0.1, -0.05) is 27.2 Å². The molecule has 2 atom stereocenters. The number of anilines is 1. The number of carbonyl (C=O) groups is 1. The minimum Gasteiger partial charge on any atom is -0.368 e. The molecule has 0 aliphatic heterocycles. The Morgan fingerprint density at radius 3 is 2.61 bits per heavy atom. The van der Waals surface area contributed by atoms with Gasteiger partial charge in [-0.25, -0.2) is 9.97 Å². The van der Waals surface area contributed by atoms with E-state index in [9.17, 15) is 4.79 Å². The van der Waals surface area contributed by atoms with Crippen molar-refractivity contribution in [3.05, 3.63) is 17.6 Å². The highest BCUT2D eigenvalue weighted by Crippen LogP contribution is 2.14. The lowest BCUT2D eigenvalue weighted by molar-refractivity contribution is -0.119. The maximum absolute atomic E-state index is 11.5. The third-order valence-corrected chi connectivity index (χ3v) is 3.08. The third-order valence-electron chi connectivity index (χ3n) is 3.08. The summed E-state index contributed by atoms with van der Waals surface area (Å²) in [5, 5.41) is 3.12. The fourth-order valence-corrected chi connectivity index (χ4v) is 1.77. The summed E-state index contributed by atoms with van der Waals surface area (Å²) in [5.74, 6) is 1.19. The van der Waals surface area contributed by atoms with Crippen molar-refractivity contribution in [1.29, 1.82) is 0 Å². The second kappa shape index (κ2) is 6.33. The molecule has 0 aromatic carbocycles. The Hall–Kier alpha value is -1.65. The molecule has 1 aromatic heterocycles. The molecule has 0 fully saturated rings. The second-order valence-electron chi connectivity index (χ2n) is 4.56. The molecule has 1 heterocycles. The number of nitrogens with zero attached hydrogens (tertiary/aromatic N) is 2. The first-order chi connectivity index (χ1) is 8.47. The summed E-state index contributed by atoms with van der Waals surface area (Å²) in [5.41, 5.74) is 6.38. The van der Waals surface area contributed by atoms with E-state index >= 15 is 0 Å². The van der Waals surface area contributed by atoms with Gasteiger partial charge in [0.1, 0.15) is 17.7 Å². The van der Waals surface area contributed by atoms with Crippen LogP contribution >= 0.6 is 0 Å². The largest absolute Gasteiger partial charge is 0.368 e. The molecule has 0 spiro atoms. The van der Waals surface area contributed by atoms with Crippen molar-refractivity contribution in [2.24, 2.45) is 11.7 Å². The zero-order valence-corrected chi connectivity index (χ0v) is 11.5. The van der Waals surface area contributed by atoms with E-state index in [0.717, 1.165) is 18.5 Å². The van der Waals surface area contributed by atoms with Crippen molar-refractivity contribution in [1.82, 2.24) is 9.97 Å². The summed E-state index contributed by atoms with van der Waals surface area (Å²) in [6, 6.07) is 1.47. The summed E-state index contributed by atoms with van der Waals surface area (Å²) in [7, 11) is 0. The quantitative estimate of drug-likeness (QED) is 0.804. The number of hydrogen-bond donors (Lipinski definition) is 2. The molecule has 1 aromatic rings. The van der Waals surface area contributed by atoms with Crippen LogP contribution in [-0.2, 0) is 11.2 Å². The van der Waals surface area contributed by atoms with Gasteiger partial charge >= 0.3 is 0 Å². The van der Waals surface area contributed by atoms with Gasteiger partial charge in [0.05, 0.1) is 0 Å². The van der Waals surface area contributed by atoms with Gasteiger partial charge in [-0.2, -0.15) is 0 Å². The highest BCUT2D eigenvalue weighted by molar-refractivity contribution is 5.83. The molecule has 1 amide bonds. The number of amides is 1. The molecule has 1 rings (SSSR count). The predicted octanol–water partition coefficient (Wildman–Crippen LogP) is 1.66. The molecular formula is C13H22N4O. The van der Waals surface area contributed by atoms with Crippen LogP contribution in [0, 0.1) is 12.8 Å². The molecule has 0 bridgehead atoms. The second-order valence-corrected chi connectivity index (χ2v) is 4.56. The van der Waals surface area contributed by atoms with Crippen LogP contribution in [0.25, 0.3) is 0 Å². The fourth-order valence-electron chi connectivity index (χ4n) is 1.77. The van der Waals surface area contributed by atoms with E-state index in [2.05, 4.69) is 15.3 Å². The van der Waals surface area contributed by atoms with Crippen molar-refractivity contribution in [2.45, 2.75) is 46.6 Å². The van der Waals surface area contributed by atoms with Gasteiger partial charge < -0.3 is 11.1 Å². The predicted molar refractivity (Wildman–Crippen MR) is 72.2 cm³/mol. The van der Waals surface area contributed by atoms with Crippen molar-refractivity contribution in [3.8, 4) is 0 Å². The number of hydrogen-bond acceptors (Lipinski definition) is 4. The van der Waals surface area contributed by atoms with E-state index in [0.29, 0.717) is 11.6 Å². The standard InChI is InChI=1S/C13H22N4O/c1-5-8(3)12(13(14)18)17-11-7-10(6-2)15-9(4)16-11/h7-8,12H,5-6H2,1-4H3,(H2,14,18)(H,15,16,17). The van der Waals surface area contributed by atoms with Gasteiger partial charge in [-0.15, -0.1) is 0 Å². The Bertz CT molecular complexity index is 419. The number of rotatable bonds is 6. The van der Waals surface area contributed by atoms with Crippen LogP contribution in [0.4, 0.5) is 5.82 Å². The molecule has 0 radical (unpaired) electrons. The molecule has 18 heavy (non-hydrogen) atoms. The summed E-state index contributed by atoms with van der Waals surface area (Å²) in [6.45, 7) is 7.90. The Balaban J connectivity index is 2.93. The van der Waals surface area contributed by atoms with Gasteiger partial charge in [0.2, 0.25) is 5.91 Å². The normalized spacial score (nSPS) is 14.0. The Morgan fingerprint density at radius 2 is 2.11 bits per heavy atom. The molecular weight excluding hydrogens is 228 g/mol. The molecule has 0 saturated carbocycles. The van der Waals surface area contributed by atoms with E-state index < -0.39 is 6.04 Å². The fraction of sp³-hybridized carbons (Fsp3) is 0.615. The number of nitrogens with two attached hydrogens (primary N) is 1. The first-order valence-electron chi connectivity index (χ1n) is 6.38. The number of aromatic nitrogens is 2. The zero-order chi connectivity index (χ0) is 13.7. The summed E-state index contributed by atoms with van der Waals surface area (Å²) >= 11 is 0. The van der Waals surface area contributed by atoms with Crippen LogP contribution in [0.2, 0.25) is 0 Å². The van der Waals surface area contributed by atoms with Crippen molar-refractivity contribution in [3.63, 3.8) is 0 Å². The zero-order valence-electron chi connectivity index (χ0n) is 11.5. The Kier molecular flexibility index (Phi) is 5.07. The van der Waals surface area contributed by atoms with Crippen LogP contribution in [0.3, 0.4) is 0 Å². The van der Waals surface area contributed by atoms with Crippen LogP contribution < -0.4 is 11.1 Å². The summed E-state index contributed by atoms with van der Waals surface area (Å²) in [4.78, 5) is 20.1. The lowest BCUT2D eigenvalue weighted by Gasteiger charge is -2.22. The number of nitrogens with one attached hydrogen (secondary N) is 1. The van der Waals surface area contributed by atoms with Gasteiger partial charge in [-0.05, 0) is 19.3 Å². The number of carbonyl (C=O) groups excluding carboxylic acids is 1. The molecule has 0 aliphatic carbocycles. The van der Waals surface area contributed by atoms with Gasteiger partial charge in [0.25, 0.3) is 0 Å². The summed E-state index contributed by atoms with van der Waals surface area (Å²) in [6.07, 6.45) is 1.72.